The van der Waals surface area contributed by atoms with Gasteiger partial charge in [0, 0.05) is 25.2 Å². The maximum atomic E-state index is 2.60. The standard InChI is InChI=1S/C18H34N/c1-14(2)10-19(5,6)18-9-15-7-16(3,12-18)11-17(4,8-15)13-18/h14-15H,7-13H2,1-6H3/q+1. The van der Waals surface area contributed by atoms with Gasteiger partial charge in [-0.15, -0.1) is 0 Å². The van der Waals surface area contributed by atoms with Gasteiger partial charge < -0.3 is 4.48 Å². The number of hydrogen-bond donors (Lipinski definition) is 0. The molecule has 19 heavy (non-hydrogen) atoms. The molecule has 4 rings (SSSR count). The molecule has 0 N–H and O–H groups in total. The summed E-state index contributed by atoms with van der Waals surface area (Å²) in [6, 6.07) is 0. The highest BCUT2D eigenvalue weighted by Gasteiger charge is 2.65. The van der Waals surface area contributed by atoms with Crippen LogP contribution in [0.2, 0.25) is 0 Å². The van der Waals surface area contributed by atoms with Gasteiger partial charge in [0.1, 0.15) is 5.54 Å². The van der Waals surface area contributed by atoms with Gasteiger partial charge in [-0.2, -0.15) is 0 Å². The van der Waals surface area contributed by atoms with Crippen molar-refractivity contribution in [3.05, 3.63) is 0 Å². The average Bonchev–Trinajstić information content (AvgIpc) is 2.07. The van der Waals surface area contributed by atoms with E-state index in [1.54, 1.807) is 0 Å². The molecular formula is C18H34N+. The summed E-state index contributed by atoms with van der Waals surface area (Å²) in [4.78, 5) is 0. The van der Waals surface area contributed by atoms with E-state index in [2.05, 4.69) is 41.8 Å². The molecule has 110 valence electrons. The molecule has 0 aliphatic heterocycles. The van der Waals surface area contributed by atoms with E-state index >= 15 is 0 Å². The molecule has 0 heterocycles. The fourth-order valence-electron chi connectivity index (χ4n) is 7.17. The van der Waals surface area contributed by atoms with E-state index in [4.69, 9.17) is 0 Å². The normalized spacial score (nSPS) is 49.1. The number of hydrogen-bond acceptors (Lipinski definition) is 0. The second-order valence-electron chi connectivity index (χ2n) is 10.1. The van der Waals surface area contributed by atoms with E-state index in [1.165, 1.54) is 49.6 Å². The molecule has 4 bridgehead atoms. The minimum atomic E-state index is 0.590. The van der Waals surface area contributed by atoms with Gasteiger partial charge in [0.25, 0.3) is 0 Å². The van der Waals surface area contributed by atoms with Crippen molar-refractivity contribution in [2.75, 3.05) is 20.6 Å². The molecule has 0 aromatic carbocycles. The van der Waals surface area contributed by atoms with E-state index in [0.29, 0.717) is 16.4 Å². The van der Waals surface area contributed by atoms with Crippen molar-refractivity contribution < 1.29 is 4.48 Å². The van der Waals surface area contributed by atoms with Crippen LogP contribution in [-0.4, -0.2) is 30.7 Å². The maximum absolute atomic E-state index is 2.60. The smallest absolute Gasteiger partial charge is 0.100 e. The van der Waals surface area contributed by atoms with Crippen LogP contribution in [0.4, 0.5) is 0 Å². The zero-order valence-corrected chi connectivity index (χ0v) is 14.1. The Bertz CT molecular complexity index is 363. The zero-order chi connectivity index (χ0) is 14.1. The van der Waals surface area contributed by atoms with Gasteiger partial charge in [-0.3, -0.25) is 0 Å². The van der Waals surface area contributed by atoms with Crippen LogP contribution in [-0.2, 0) is 0 Å². The Kier molecular flexibility index (Phi) is 2.77. The Labute approximate surface area is 120 Å². The Balaban J connectivity index is 1.96. The monoisotopic (exact) mass is 264 g/mol. The number of rotatable bonds is 3. The van der Waals surface area contributed by atoms with E-state index in [1.807, 2.05) is 0 Å². The van der Waals surface area contributed by atoms with Crippen LogP contribution in [0, 0.1) is 22.7 Å². The third-order valence-electron chi connectivity index (χ3n) is 6.70. The van der Waals surface area contributed by atoms with Gasteiger partial charge in [-0.05, 0) is 36.0 Å². The van der Waals surface area contributed by atoms with Crippen molar-refractivity contribution >= 4 is 0 Å². The Morgan fingerprint density at radius 1 is 0.947 bits per heavy atom. The van der Waals surface area contributed by atoms with Crippen molar-refractivity contribution in [3.8, 4) is 0 Å². The lowest BCUT2D eigenvalue weighted by Crippen LogP contribution is -2.71. The molecule has 0 aromatic heterocycles. The van der Waals surface area contributed by atoms with Crippen molar-refractivity contribution in [2.24, 2.45) is 22.7 Å². The fourth-order valence-corrected chi connectivity index (χ4v) is 7.17. The number of nitrogens with zero attached hydrogens (tertiary/aromatic N) is 1. The van der Waals surface area contributed by atoms with Crippen LogP contribution < -0.4 is 0 Å². The van der Waals surface area contributed by atoms with E-state index < -0.39 is 0 Å². The third-order valence-corrected chi connectivity index (χ3v) is 6.70. The summed E-state index contributed by atoms with van der Waals surface area (Å²) in [6.45, 7) is 11.3. The maximum Gasteiger partial charge on any atom is 0.100 e. The second kappa shape index (κ2) is 3.78. The highest BCUT2D eigenvalue weighted by molar-refractivity contribution is 5.11. The third kappa shape index (κ3) is 2.07. The Morgan fingerprint density at radius 2 is 1.47 bits per heavy atom. The molecule has 4 saturated carbocycles. The van der Waals surface area contributed by atoms with E-state index in [9.17, 15) is 0 Å². The van der Waals surface area contributed by atoms with Gasteiger partial charge in [-0.25, -0.2) is 0 Å². The first-order chi connectivity index (χ1) is 8.57. The molecule has 0 spiro atoms. The van der Waals surface area contributed by atoms with Crippen LogP contribution in [0.15, 0.2) is 0 Å². The molecule has 0 radical (unpaired) electrons. The lowest BCUT2D eigenvalue weighted by Gasteiger charge is -2.68. The zero-order valence-electron chi connectivity index (χ0n) is 14.1. The molecule has 0 aromatic rings. The summed E-state index contributed by atoms with van der Waals surface area (Å²) in [5.74, 6) is 1.83. The Hall–Kier alpha value is -0.0400. The second-order valence-corrected chi connectivity index (χ2v) is 10.1. The molecular weight excluding hydrogens is 230 g/mol. The van der Waals surface area contributed by atoms with E-state index in [0.717, 1.165) is 11.8 Å². The lowest BCUT2D eigenvalue weighted by atomic mass is 9.42. The molecule has 1 nitrogen and oxygen atoms in total. The minimum Gasteiger partial charge on any atom is -0.323 e. The molecule has 4 aliphatic rings. The predicted molar refractivity (Wildman–Crippen MR) is 82.0 cm³/mol. The summed E-state index contributed by atoms with van der Waals surface area (Å²) in [5, 5.41) is 0. The SMILES string of the molecule is CC(C)C[N+](C)(C)C12CC3CC(C)(CC(C)(C3)C1)C2. The van der Waals surface area contributed by atoms with Crippen LogP contribution in [0.25, 0.3) is 0 Å². The summed E-state index contributed by atoms with van der Waals surface area (Å²) in [5.41, 5.74) is 1.90. The first-order valence-corrected chi connectivity index (χ1v) is 8.40. The topological polar surface area (TPSA) is 0 Å². The molecule has 0 amide bonds. The molecule has 2 atom stereocenters. The Morgan fingerprint density at radius 3 is 1.89 bits per heavy atom. The summed E-state index contributed by atoms with van der Waals surface area (Å²) >= 11 is 0. The molecule has 2 unspecified atom stereocenters. The molecule has 4 aliphatic carbocycles. The number of quaternary nitrogens is 1. The highest BCUT2D eigenvalue weighted by atomic mass is 15.4. The van der Waals surface area contributed by atoms with Gasteiger partial charge >= 0.3 is 0 Å². The van der Waals surface area contributed by atoms with Crippen LogP contribution in [0.3, 0.4) is 0 Å². The molecule has 0 saturated heterocycles. The van der Waals surface area contributed by atoms with Crippen LogP contribution in [0.1, 0.15) is 66.2 Å². The van der Waals surface area contributed by atoms with Crippen molar-refractivity contribution in [1.82, 2.24) is 0 Å². The quantitative estimate of drug-likeness (QED) is 0.660. The van der Waals surface area contributed by atoms with Crippen molar-refractivity contribution in [3.63, 3.8) is 0 Å². The van der Waals surface area contributed by atoms with E-state index in [-0.39, 0.29) is 0 Å². The lowest BCUT2D eigenvalue weighted by molar-refractivity contribution is -0.951. The van der Waals surface area contributed by atoms with Crippen LogP contribution in [0.5, 0.6) is 0 Å². The van der Waals surface area contributed by atoms with Crippen molar-refractivity contribution in [2.45, 2.75) is 71.8 Å². The first kappa shape index (κ1) is 13.9. The van der Waals surface area contributed by atoms with Crippen molar-refractivity contribution in [1.29, 1.82) is 0 Å². The average molecular weight is 264 g/mol. The van der Waals surface area contributed by atoms with Gasteiger partial charge in [0.05, 0.1) is 20.6 Å². The van der Waals surface area contributed by atoms with Gasteiger partial charge in [-0.1, -0.05) is 27.7 Å². The first-order valence-electron chi connectivity index (χ1n) is 8.40. The molecule has 1 heteroatoms. The highest BCUT2D eigenvalue weighted by Crippen LogP contribution is 2.68. The largest absolute Gasteiger partial charge is 0.323 e. The minimum absolute atomic E-state index is 0.590. The summed E-state index contributed by atoms with van der Waals surface area (Å²) in [6.07, 6.45) is 9.04. The predicted octanol–water partition coefficient (Wildman–Crippen LogP) is 4.47. The summed E-state index contributed by atoms with van der Waals surface area (Å²) in [7, 11) is 5.06. The van der Waals surface area contributed by atoms with Crippen LogP contribution >= 0.6 is 0 Å². The van der Waals surface area contributed by atoms with Gasteiger partial charge in [0.2, 0.25) is 0 Å². The fraction of sp³-hybridized carbons (Fsp3) is 1.00. The summed E-state index contributed by atoms with van der Waals surface area (Å²) < 4.78 is 1.27. The molecule has 4 fully saturated rings. The van der Waals surface area contributed by atoms with Gasteiger partial charge in [0.15, 0.2) is 0 Å².